The predicted molar refractivity (Wildman–Crippen MR) is 43.3 cm³/mol. The Hall–Kier alpha value is -0.310. The molecule has 1 aromatic rings. The van der Waals surface area contributed by atoms with Crippen LogP contribution in [0.25, 0.3) is 0 Å². The van der Waals surface area contributed by atoms with Crippen molar-refractivity contribution in [1.82, 2.24) is 10.2 Å². The van der Waals surface area contributed by atoms with Crippen LogP contribution in [-0.2, 0) is 12.8 Å². The lowest BCUT2D eigenvalue weighted by Crippen LogP contribution is -2.11. The third-order valence-electron chi connectivity index (χ3n) is 1.96. The lowest BCUT2D eigenvalue weighted by Gasteiger charge is -2.14. The lowest BCUT2D eigenvalue weighted by molar-refractivity contribution is 0.699. The van der Waals surface area contributed by atoms with E-state index in [1.54, 1.807) is 0 Å². The summed E-state index contributed by atoms with van der Waals surface area (Å²) in [6.45, 7) is 0. The van der Waals surface area contributed by atoms with Gasteiger partial charge in [-0.1, -0.05) is 15.9 Å². The van der Waals surface area contributed by atoms with E-state index in [2.05, 4.69) is 26.1 Å². The molecule has 0 fully saturated rings. The molecule has 0 saturated heterocycles. The molecule has 0 radical (unpaired) electrons. The molecule has 0 amide bonds. The zero-order chi connectivity index (χ0) is 6.97. The van der Waals surface area contributed by atoms with Gasteiger partial charge in [-0.2, -0.15) is 5.10 Å². The SMILES string of the molecule is Br[C@H]1CCc2[nH]ncc2C1. The summed E-state index contributed by atoms with van der Waals surface area (Å²) < 4.78 is 0. The Morgan fingerprint density at radius 1 is 1.70 bits per heavy atom. The van der Waals surface area contributed by atoms with Gasteiger partial charge in [0.25, 0.3) is 0 Å². The molecule has 2 nitrogen and oxygen atoms in total. The van der Waals surface area contributed by atoms with Crippen LogP contribution in [0.4, 0.5) is 0 Å². The first-order valence-electron chi connectivity index (χ1n) is 3.51. The standard InChI is InChI=1S/C7H9BrN2/c8-6-1-2-7-5(3-6)4-9-10-7/h4,6H,1-3H2,(H,9,10)/t6-/m0/s1. The highest BCUT2D eigenvalue weighted by atomic mass is 79.9. The van der Waals surface area contributed by atoms with Crippen LogP contribution < -0.4 is 0 Å². The molecule has 2 rings (SSSR count). The molecule has 0 bridgehead atoms. The highest BCUT2D eigenvalue weighted by molar-refractivity contribution is 9.09. The maximum absolute atomic E-state index is 3.99. The van der Waals surface area contributed by atoms with Gasteiger partial charge in [-0.05, 0) is 24.8 Å². The molecule has 0 saturated carbocycles. The number of rotatable bonds is 0. The van der Waals surface area contributed by atoms with Gasteiger partial charge < -0.3 is 0 Å². The van der Waals surface area contributed by atoms with Gasteiger partial charge in [-0.3, -0.25) is 5.10 Å². The topological polar surface area (TPSA) is 28.7 Å². The minimum Gasteiger partial charge on any atom is -0.282 e. The predicted octanol–water partition coefficient (Wildman–Crippen LogP) is 1.66. The van der Waals surface area contributed by atoms with Crippen LogP contribution in [0.3, 0.4) is 0 Å². The largest absolute Gasteiger partial charge is 0.282 e. The Morgan fingerprint density at radius 3 is 3.50 bits per heavy atom. The molecule has 0 aliphatic heterocycles. The highest BCUT2D eigenvalue weighted by Crippen LogP contribution is 2.23. The quantitative estimate of drug-likeness (QED) is 0.635. The molecule has 1 aromatic heterocycles. The summed E-state index contributed by atoms with van der Waals surface area (Å²) in [5.41, 5.74) is 2.71. The van der Waals surface area contributed by atoms with Crippen molar-refractivity contribution in [3.63, 3.8) is 0 Å². The summed E-state index contributed by atoms with van der Waals surface area (Å²) in [7, 11) is 0. The van der Waals surface area contributed by atoms with E-state index in [9.17, 15) is 0 Å². The molecule has 10 heavy (non-hydrogen) atoms. The summed E-state index contributed by atoms with van der Waals surface area (Å²) in [5.74, 6) is 0. The Balaban J connectivity index is 2.30. The van der Waals surface area contributed by atoms with Crippen molar-refractivity contribution in [2.45, 2.75) is 24.1 Å². The summed E-state index contributed by atoms with van der Waals surface area (Å²) >= 11 is 3.60. The number of aromatic nitrogens is 2. The fourth-order valence-electron chi connectivity index (χ4n) is 1.37. The zero-order valence-electron chi connectivity index (χ0n) is 5.60. The molecule has 1 atom stereocenters. The van der Waals surface area contributed by atoms with Crippen LogP contribution in [0.1, 0.15) is 17.7 Å². The van der Waals surface area contributed by atoms with Crippen LogP contribution in [0, 0.1) is 0 Å². The van der Waals surface area contributed by atoms with Crippen LogP contribution in [0.5, 0.6) is 0 Å². The first-order chi connectivity index (χ1) is 4.86. The van der Waals surface area contributed by atoms with E-state index in [4.69, 9.17) is 0 Å². The maximum Gasteiger partial charge on any atom is 0.0522 e. The van der Waals surface area contributed by atoms with E-state index in [0.717, 1.165) is 12.8 Å². The second-order valence-electron chi connectivity index (χ2n) is 2.71. The van der Waals surface area contributed by atoms with Crippen LogP contribution >= 0.6 is 15.9 Å². The van der Waals surface area contributed by atoms with Crippen molar-refractivity contribution in [2.75, 3.05) is 0 Å². The number of halogens is 1. The van der Waals surface area contributed by atoms with Gasteiger partial charge >= 0.3 is 0 Å². The average molecular weight is 201 g/mol. The van der Waals surface area contributed by atoms with E-state index < -0.39 is 0 Å². The van der Waals surface area contributed by atoms with Crippen molar-refractivity contribution in [3.05, 3.63) is 17.5 Å². The molecule has 1 heterocycles. The van der Waals surface area contributed by atoms with Gasteiger partial charge in [0.1, 0.15) is 0 Å². The Morgan fingerprint density at radius 2 is 2.60 bits per heavy atom. The number of hydrogen-bond acceptors (Lipinski definition) is 1. The van der Waals surface area contributed by atoms with Gasteiger partial charge in [-0.25, -0.2) is 0 Å². The molecule has 0 aromatic carbocycles. The van der Waals surface area contributed by atoms with Gasteiger partial charge in [0.2, 0.25) is 0 Å². The van der Waals surface area contributed by atoms with Gasteiger partial charge in [-0.15, -0.1) is 0 Å². The van der Waals surface area contributed by atoms with Crippen molar-refractivity contribution in [1.29, 1.82) is 0 Å². The normalized spacial score (nSPS) is 24.3. The molecule has 1 aliphatic rings. The Kier molecular flexibility index (Phi) is 1.52. The minimum atomic E-state index is 0.664. The smallest absolute Gasteiger partial charge is 0.0522 e. The number of nitrogens with zero attached hydrogens (tertiary/aromatic N) is 1. The van der Waals surface area contributed by atoms with Crippen LogP contribution in [0.2, 0.25) is 0 Å². The summed E-state index contributed by atoms with van der Waals surface area (Å²) in [4.78, 5) is 0.664. The molecule has 1 N–H and O–H groups in total. The summed E-state index contributed by atoms with van der Waals surface area (Å²) in [6.07, 6.45) is 5.44. The highest BCUT2D eigenvalue weighted by Gasteiger charge is 2.16. The van der Waals surface area contributed by atoms with E-state index in [1.807, 2.05) is 6.20 Å². The first-order valence-corrected chi connectivity index (χ1v) is 4.43. The maximum atomic E-state index is 3.99. The van der Waals surface area contributed by atoms with Gasteiger partial charge in [0.15, 0.2) is 0 Å². The Labute approximate surface area is 68.2 Å². The van der Waals surface area contributed by atoms with Crippen LogP contribution in [0.15, 0.2) is 6.20 Å². The monoisotopic (exact) mass is 200 g/mol. The molecule has 0 spiro atoms. The second kappa shape index (κ2) is 2.38. The minimum absolute atomic E-state index is 0.664. The van der Waals surface area contributed by atoms with E-state index in [-0.39, 0.29) is 0 Å². The third kappa shape index (κ3) is 0.985. The van der Waals surface area contributed by atoms with Gasteiger partial charge in [0.05, 0.1) is 6.20 Å². The fraction of sp³-hybridized carbons (Fsp3) is 0.571. The number of alkyl halides is 1. The Bertz CT molecular complexity index is 231. The molecular formula is C7H9BrN2. The summed E-state index contributed by atoms with van der Waals surface area (Å²) in [5, 5.41) is 7.00. The number of nitrogens with one attached hydrogen (secondary N) is 1. The van der Waals surface area contributed by atoms with Crippen molar-refractivity contribution >= 4 is 15.9 Å². The van der Waals surface area contributed by atoms with Crippen molar-refractivity contribution in [2.24, 2.45) is 0 Å². The number of aromatic amines is 1. The molecular weight excluding hydrogens is 192 g/mol. The molecule has 3 heteroatoms. The molecule has 0 unspecified atom stereocenters. The third-order valence-corrected chi connectivity index (χ3v) is 2.74. The first kappa shape index (κ1) is 6.40. The fourth-order valence-corrected chi connectivity index (χ4v) is 1.95. The summed E-state index contributed by atoms with van der Waals surface area (Å²) in [6, 6.07) is 0. The van der Waals surface area contributed by atoms with E-state index in [0.29, 0.717) is 4.83 Å². The van der Waals surface area contributed by atoms with Crippen LogP contribution in [-0.4, -0.2) is 15.0 Å². The lowest BCUT2D eigenvalue weighted by atomic mass is 9.98. The zero-order valence-corrected chi connectivity index (χ0v) is 7.19. The van der Waals surface area contributed by atoms with E-state index in [1.165, 1.54) is 17.7 Å². The van der Waals surface area contributed by atoms with Crippen molar-refractivity contribution < 1.29 is 0 Å². The second-order valence-corrected chi connectivity index (χ2v) is 4.01. The average Bonchev–Trinajstić information content (AvgIpc) is 2.33. The number of fused-ring (bicyclic) bond motifs is 1. The molecule has 54 valence electrons. The van der Waals surface area contributed by atoms with Crippen molar-refractivity contribution in [3.8, 4) is 0 Å². The van der Waals surface area contributed by atoms with E-state index >= 15 is 0 Å². The number of hydrogen-bond donors (Lipinski definition) is 1. The van der Waals surface area contributed by atoms with Gasteiger partial charge in [0, 0.05) is 10.5 Å². The number of H-pyrrole nitrogens is 1. The number of aryl methyl sites for hydroxylation is 1. The molecule has 1 aliphatic carbocycles.